The number of amides is 4. The number of hydrogen-bond donors (Lipinski definition) is 3. The number of hydrogen-bond acceptors (Lipinski definition) is 5. The van der Waals surface area contributed by atoms with Gasteiger partial charge in [-0.25, -0.2) is 18.4 Å². The zero-order chi connectivity index (χ0) is 34.5. The standard InChI is InChI=1S/C38H54F2N6O3/c1-3-28-10-9-27(25-29(28)4-2)26-34(35(47)44-18-12-31(13-19-44)43-23-16-38(39,40)17-24-43)42-36(48)45-20-14-32(15-21-45)46-22-11-30-7-5-6-8-33(30)41-37(46)49/h5-10,25,31-32,34-35,47H,3-4,11-24,26H2,1-2H3,(H,41,49)(H,42,48)/t34-,35?/m1/s1. The second kappa shape index (κ2) is 15.7. The van der Waals surface area contributed by atoms with E-state index in [1.165, 1.54) is 11.1 Å². The van der Waals surface area contributed by atoms with Gasteiger partial charge in [-0.2, -0.15) is 0 Å². The van der Waals surface area contributed by atoms with Crippen LogP contribution in [0.25, 0.3) is 0 Å². The highest BCUT2D eigenvalue weighted by Crippen LogP contribution is 2.31. The first-order valence-electron chi connectivity index (χ1n) is 18.5. The third-order valence-corrected chi connectivity index (χ3v) is 11.4. The largest absolute Gasteiger partial charge is 0.376 e. The summed E-state index contributed by atoms with van der Waals surface area (Å²) in [6.45, 7) is 8.13. The van der Waals surface area contributed by atoms with Gasteiger partial charge in [-0.3, -0.25) is 9.80 Å². The van der Waals surface area contributed by atoms with Crippen molar-refractivity contribution >= 4 is 17.7 Å². The summed E-state index contributed by atoms with van der Waals surface area (Å²) in [5.74, 6) is -2.56. The third-order valence-electron chi connectivity index (χ3n) is 11.4. The minimum atomic E-state index is -2.56. The molecule has 4 aliphatic rings. The van der Waals surface area contributed by atoms with Crippen LogP contribution in [0.5, 0.6) is 0 Å². The van der Waals surface area contributed by atoms with Crippen molar-refractivity contribution in [2.24, 2.45) is 0 Å². The molecule has 0 aliphatic carbocycles. The van der Waals surface area contributed by atoms with Gasteiger partial charge < -0.3 is 25.5 Å². The Hall–Kier alpha value is -3.28. The molecular weight excluding hydrogens is 626 g/mol. The van der Waals surface area contributed by atoms with Crippen LogP contribution >= 0.6 is 0 Å². The van der Waals surface area contributed by atoms with Crippen LogP contribution in [0.3, 0.4) is 0 Å². The number of aryl methyl sites for hydroxylation is 2. The Bertz CT molecular complexity index is 1430. The number of benzene rings is 2. The molecule has 49 heavy (non-hydrogen) atoms. The Morgan fingerprint density at radius 3 is 2.29 bits per heavy atom. The highest BCUT2D eigenvalue weighted by atomic mass is 19.3. The molecule has 3 N–H and O–H groups in total. The van der Waals surface area contributed by atoms with E-state index in [2.05, 4.69) is 53.6 Å². The predicted molar refractivity (Wildman–Crippen MR) is 188 cm³/mol. The number of nitrogens with one attached hydrogen (secondary N) is 2. The van der Waals surface area contributed by atoms with Crippen LogP contribution in [0.1, 0.15) is 74.6 Å². The van der Waals surface area contributed by atoms with Gasteiger partial charge in [0, 0.05) is 76.4 Å². The summed E-state index contributed by atoms with van der Waals surface area (Å²) in [5.41, 5.74) is 5.68. The van der Waals surface area contributed by atoms with Crippen LogP contribution in [-0.4, -0.2) is 113 Å². The van der Waals surface area contributed by atoms with E-state index in [9.17, 15) is 23.5 Å². The van der Waals surface area contributed by atoms with Gasteiger partial charge in [-0.1, -0.05) is 50.2 Å². The third kappa shape index (κ3) is 8.55. The Morgan fingerprint density at radius 2 is 1.59 bits per heavy atom. The number of anilines is 1. The van der Waals surface area contributed by atoms with Gasteiger partial charge in [0.1, 0.15) is 6.23 Å². The first-order chi connectivity index (χ1) is 23.6. The molecule has 0 radical (unpaired) electrons. The number of rotatable bonds is 9. The molecule has 0 bridgehead atoms. The van der Waals surface area contributed by atoms with Crippen LogP contribution in [0.2, 0.25) is 0 Å². The molecule has 2 atom stereocenters. The molecule has 0 saturated carbocycles. The van der Waals surface area contributed by atoms with Crippen molar-refractivity contribution < 1.29 is 23.5 Å². The molecule has 3 fully saturated rings. The highest BCUT2D eigenvalue weighted by molar-refractivity contribution is 5.91. The maximum Gasteiger partial charge on any atom is 0.322 e. The summed E-state index contributed by atoms with van der Waals surface area (Å²) in [7, 11) is 0. The molecule has 2 aromatic rings. The van der Waals surface area contributed by atoms with Gasteiger partial charge in [0.05, 0.1) is 6.04 Å². The number of likely N-dealkylation sites (tertiary alicyclic amines) is 3. The number of halogens is 2. The summed E-state index contributed by atoms with van der Waals surface area (Å²) in [4.78, 5) is 34.9. The Balaban J connectivity index is 1.08. The molecule has 4 amide bonds. The van der Waals surface area contributed by atoms with E-state index in [4.69, 9.17) is 0 Å². The number of urea groups is 2. The van der Waals surface area contributed by atoms with Crippen LogP contribution in [-0.2, 0) is 25.7 Å². The number of nitrogens with zero attached hydrogens (tertiary/aromatic N) is 4. The number of carbonyl (C=O) groups is 2. The maximum atomic E-state index is 13.8. The minimum Gasteiger partial charge on any atom is -0.376 e. The number of carbonyl (C=O) groups excluding carboxylic acids is 2. The Labute approximate surface area is 290 Å². The SMILES string of the molecule is CCc1ccc(C[C@@H](NC(=O)N2CCC(N3CCc4ccccc4NC3=O)CC2)C(O)N2CCC(N3CCC(F)(F)CC3)CC2)cc1CC. The minimum absolute atomic E-state index is 0.0525. The molecule has 4 aliphatic heterocycles. The van der Waals surface area contributed by atoms with Crippen molar-refractivity contribution in [3.05, 3.63) is 64.7 Å². The normalized spacial score (nSPS) is 22.6. The molecular formula is C38H54F2N6O3. The zero-order valence-corrected chi connectivity index (χ0v) is 29.2. The lowest BCUT2D eigenvalue weighted by atomic mass is 9.95. The van der Waals surface area contributed by atoms with Crippen molar-refractivity contribution in [2.75, 3.05) is 51.1 Å². The first kappa shape index (κ1) is 35.5. The van der Waals surface area contributed by atoms with Gasteiger partial charge in [-0.05, 0) is 79.7 Å². The van der Waals surface area contributed by atoms with Crippen molar-refractivity contribution in [2.45, 2.75) is 108 Å². The summed E-state index contributed by atoms with van der Waals surface area (Å²) >= 11 is 0. The maximum absolute atomic E-state index is 13.8. The fraction of sp³-hybridized carbons (Fsp3) is 0.632. The van der Waals surface area contributed by atoms with E-state index < -0.39 is 18.2 Å². The summed E-state index contributed by atoms with van der Waals surface area (Å²) < 4.78 is 27.5. The zero-order valence-electron chi connectivity index (χ0n) is 29.2. The van der Waals surface area contributed by atoms with Gasteiger partial charge in [0.2, 0.25) is 0 Å². The van der Waals surface area contributed by atoms with E-state index in [0.717, 1.165) is 48.9 Å². The Kier molecular flexibility index (Phi) is 11.4. The molecule has 0 aromatic heterocycles. The molecule has 0 spiro atoms. The van der Waals surface area contributed by atoms with Crippen LogP contribution in [0.15, 0.2) is 42.5 Å². The van der Waals surface area contributed by atoms with Crippen LogP contribution in [0, 0.1) is 0 Å². The highest BCUT2D eigenvalue weighted by Gasteiger charge is 2.39. The number of aliphatic hydroxyl groups excluding tert-OH is 1. The van der Waals surface area contributed by atoms with Crippen molar-refractivity contribution in [3.8, 4) is 0 Å². The smallest absolute Gasteiger partial charge is 0.322 e. The summed E-state index contributed by atoms with van der Waals surface area (Å²) in [5, 5.41) is 18.1. The molecule has 2 aromatic carbocycles. The lowest BCUT2D eigenvalue weighted by Gasteiger charge is -2.44. The summed E-state index contributed by atoms with van der Waals surface area (Å²) in [6, 6.07) is 13.9. The quantitative estimate of drug-likeness (QED) is 0.326. The lowest BCUT2D eigenvalue weighted by Crippen LogP contribution is -2.59. The van der Waals surface area contributed by atoms with Gasteiger partial charge >= 0.3 is 12.1 Å². The van der Waals surface area contributed by atoms with Crippen molar-refractivity contribution in [1.82, 2.24) is 24.9 Å². The van der Waals surface area contributed by atoms with E-state index in [1.54, 1.807) is 0 Å². The number of aliphatic hydroxyl groups is 1. The van der Waals surface area contributed by atoms with E-state index in [0.29, 0.717) is 65.1 Å². The van der Waals surface area contributed by atoms with E-state index in [-0.39, 0.29) is 37.0 Å². The average Bonchev–Trinajstić information content (AvgIpc) is 3.29. The second-order valence-corrected chi connectivity index (χ2v) is 14.4. The topological polar surface area (TPSA) is 91.4 Å². The van der Waals surface area contributed by atoms with Crippen LogP contribution in [0.4, 0.5) is 24.1 Å². The van der Waals surface area contributed by atoms with Gasteiger partial charge in [0.15, 0.2) is 0 Å². The first-order valence-corrected chi connectivity index (χ1v) is 18.5. The lowest BCUT2D eigenvalue weighted by molar-refractivity contribution is -0.0784. The number of piperidine rings is 3. The molecule has 268 valence electrons. The number of fused-ring (bicyclic) bond motifs is 1. The van der Waals surface area contributed by atoms with Gasteiger partial charge in [-0.15, -0.1) is 0 Å². The van der Waals surface area contributed by atoms with E-state index in [1.807, 2.05) is 32.9 Å². The average molecular weight is 681 g/mol. The number of para-hydroxylation sites is 1. The molecule has 6 rings (SSSR count). The molecule has 3 saturated heterocycles. The second-order valence-electron chi connectivity index (χ2n) is 14.4. The number of alkyl halides is 2. The molecule has 4 heterocycles. The van der Waals surface area contributed by atoms with Crippen molar-refractivity contribution in [3.63, 3.8) is 0 Å². The summed E-state index contributed by atoms with van der Waals surface area (Å²) in [6.07, 6.45) is 5.10. The monoisotopic (exact) mass is 680 g/mol. The van der Waals surface area contributed by atoms with Gasteiger partial charge in [0.25, 0.3) is 5.92 Å². The van der Waals surface area contributed by atoms with Crippen molar-refractivity contribution in [1.29, 1.82) is 0 Å². The fourth-order valence-corrected chi connectivity index (χ4v) is 8.32. The molecule has 1 unspecified atom stereocenters. The van der Waals surface area contributed by atoms with Crippen LogP contribution < -0.4 is 10.6 Å². The Morgan fingerprint density at radius 1 is 0.918 bits per heavy atom. The predicted octanol–water partition coefficient (Wildman–Crippen LogP) is 5.50. The fourth-order valence-electron chi connectivity index (χ4n) is 8.32. The molecule has 11 heteroatoms. The molecule has 9 nitrogen and oxygen atoms in total. The van der Waals surface area contributed by atoms with E-state index >= 15 is 0 Å².